The molecule has 0 aromatic heterocycles. The molecule has 0 radical (unpaired) electrons. The molecule has 13 heavy (non-hydrogen) atoms. The number of carboxylic acids is 1. The first-order valence-electron chi connectivity index (χ1n) is 3.91. The van der Waals surface area contributed by atoms with Gasteiger partial charge in [0.05, 0.1) is 12.3 Å². The molecule has 0 bridgehead atoms. The molecule has 1 aromatic carbocycles. The number of anilines is 1. The molecular formula is C9H11NO3. The van der Waals surface area contributed by atoms with Gasteiger partial charge in [-0.1, -0.05) is 6.07 Å². The number of ether oxygens (including phenoxy) is 1. The Balaban J connectivity index is 3.17. The lowest BCUT2D eigenvalue weighted by Gasteiger charge is -2.08. The van der Waals surface area contributed by atoms with Crippen molar-refractivity contribution in [2.45, 2.75) is 6.92 Å². The lowest BCUT2D eigenvalue weighted by Crippen LogP contribution is -2.05. The number of carboxylic acid groups (broad SMARTS) is 1. The SMILES string of the molecule is CCOc1c(N)cccc1C(=O)O. The summed E-state index contributed by atoms with van der Waals surface area (Å²) >= 11 is 0. The summed E-state index contributed by atoms with van der Waals surface area (Å²) in [6.07, 6.45) is 0. The van der Waals surface area contributed by atoms with Gasteiger partial charge >= 0.3 is 5.97 Å². The zero-order valence-corrected chi connectivity index (χ0v) is 7.28. The van der Waals surface area contributed by atoms with E-state index in [1.165, 1.54) is 6.07 Å². The fourth-order valence-corrected chi connectivity index (χ4v) is 1.03. The highest BCUT2D eigenvalue weighted by molar-refractivity contribution is 5.93. The van der Waals surface area contributed by atoms with Gasteiger partial charge in [0.2, 0.25) is 0 Å². The van der Waals surface area contributed by atoms with E-state index in [4.69, 9.17) is 15.6 Å². The minimum atomic E-state index is -1.03. The first kappa shape index (κ1) is 9.38. The van der Waals surface area contributed by atoms with E-state index in [1.54, 1.807) is 19.1 Å². The van der Waals surface area contributed by atoms with E-state index in [0.717, 1.165) is 0 Å². The van der Waals surface area contributed by atoms with E-state index in [0.29, 0.717) is 12.3 Å². The Labute approximate surface area is 75.9 Å². The molecule has 4 heteroatoms. The van der Waals surface area contributed by atoms with Crippen LogP contribution in [0, 0.1) is 0 Å². The van der Waals surface area contributed by atoms with Crippen LogP contribution in [0.15, 0.2) is 18.2 Å². The Kier molecular flexibility index (Phi) is 2.74. The van der Waals surface area contributed by atoms with Crippen LogP contribution in [0.3, 0.4) is 0 Å². The minimum absolute atomic E-state index is 0.0989. The second-order valence-corrected chi connectivity index (χ2v) is 2.46. The van der Waals surface area contributed by atoms with Gasteiger partial charge in [0.25, 0.3) is 0 Å². The molecule has 1 rings (SSSR count). The number of hydrogen-bond donors (Lipinski definition) is 2. The van der Waals surface area contributed by atoms with E-state index >= 15 is 0 Å². The Morgan fingerprint density at radius 2 is 2.31 bits per heavy atom. The molecule has 0 aliphatic heterocycles. The van der Waals surface area contributed by atoms with Gasteiger partial charge in [-0.05, 0) is 19.1 Å². The maximum absolute atomic E-state index is 10.7. The predicted octanol–water partition coefficient (Wildman–Crippen LogP) is 1.37. The summed E-state index contributed by atoms with van der Waals surface area (Å²) in [4.78, 5) is 10.7. The molecule has 0 saturated heterocycles. The lowest BCUT2D eigenvalue weighted by atomic mass is 10.2. The predicted molar refractivity (Wildman–Crippen MR) is 49.0 cm³/mol. The Hall–Kier alpha value is -1.71. The van der Waals surface area contributed by atoms with Crippen molar-refractivity contribution in [2.24, 2.45) is 0 Å². The third kappa shape index (κ3) is 1.90. The van der Waals surface area contributed by atoms with Crippen LogP contribution in [0.1, 0.15) is 17.3 Å². The lowest BCUT2D eigenvalue weighted by molar-refractivity contribution is 0.0692. The van der Waals surface area contributed by atoms with Crippen LogP contribution in [-0.2, 0) is 0 Å². The number of rotatable bonds is 3. The minimum Gasteiger partial charge on any atom is -0.491 e. The Bertz CT molecular complexity index is 323. The van der Waals surface area contributed by atoms with Crippen molar-refractivity contribution in [3.63, 3.8) is 0 Å². The topological polar surface area (TPSA) is 72.5 Å². The molecule has 0 unspecified atom stereocenters. The molecule has 0 fully saturated rings. The fourth-order valence-electron chi connectivity index (χ4n) is 1.03. The van der Waals surface area contributed by atoms with Crippen LogP contribution in [0.5, 0.6) is 5.75 Å². The van der Waals surface area contributed by atoms with Crippen LogP contribution >= 0.6 is 0 Å². The number of nitrogen functional groups attached to an aromatic ring is 1. The Morgan fingerprint density at radius 1 is 1.62 bits per heavy atom. The van der Waals surface area contributed by atoms with Crippen molar-refractivity contribution in [2.75, 3.05) is 12.3 Å². The van der Waals surface area contributed by atoms with E-state index in [1.807, 2.05) is 0 Å². The molecule has 0 heterocycles. The zero-order chi connectivity index (χ0) is 9.84. The molecule has 0 aliphatic rings. The second-order valence-electron chi connectivity index (χ2n) is 2.46. The molecule has 0 atom stereocenters. The highest BCUT2D eigenvalue weighted by Crippen LogP contribution is 2.25. The fraction of sp³-hybridized carbons (Fsp3) is 0.222. The number of hydrogen-bond acceptors (Lipinski definition) is 3. The van der Waals surface area contributed by atoms with Crippen molar-refractivity contribution < 1.29 is 14.6 Å². The van der Waals surface area contributed by atoms with Crippen LogP contribution < -0.4 is 10.5 Å². The van der Waals surface area contributed by atoms with Gasteiger partial charge < -0.3 is 15.6 Å². The second kappa shape index (κ2) is 3.80. The summed E-state index contributed by atoms with van der Waals surface area (Å²) in [5.74, 6) is -0.784. The quantitative estimate of drug-likeness (QED) is 0.690. The van der Waals surface area contributed by atoms with Gasteiger partial charge in [-0.25, -0.2) is 4.79 Å². The number of aromatic carboxylic acids is 1. The highest BCUT2D eigenvalue weighted by atomic mass is 16.5. The van der Waals surface area contributed by atoms with Gasteiger partial charge in [-0.15, -0.1) is 0 Å². The van der Waals surface area contributed by atoms with E-state index in [9.17, 15) is 4.79 Å². The number of para-hydroxylation sites is 1. The molecule has 0 spiro atoms. The zero-order valence-electron chi connectivity index (χ0n) is 7.28. The number of nitrogens with two attached hydrogens (primary N) is 1. The summed E-state index contributed by atoms with van der Waals surface area (Å²) < 4.78 is 5.12. The molecule has 0 amide bonds. The molecule has 0 saturated carbocycles. The normalized spacial score (nSPS) is 9.62. The van der Waals surface area contributed by atoms with E-state index in [2.05, 4.69) is 0 Å². The van der Waals surface area contributed by atoms with Gasteiger partial charge in [0.1, 0.15) is 5.56 Å². The van der Waals surface area contributed by atoms with Crippen LogP contribution in [0.2, 0.25) is 0 Å². The average molecular weight is 181 g/mol. The van der Waals surface area contributed by atoms with Crippen molar-refractivity contribution in [3.8, 4) is 5.75 Å². The first-order chi connectivity index (χ1) is 6.16. The summed E-state index contributed by atoms with van der Waals surface area (Å²) in [5, 5.41) is 8.78. The number of benzene rings is 1. The molecule has 0 aliphatic carbocycles. The summed E-state index contributed by atoms with van der Waals surface area (Å²) in [6, 6.07) is 4.66. The standard InChI is InChI=1S/C9H11NO3/c1-2-13-8-6(9(11)12)4-3-5-7(8)10/h3-5H,2,10H2,1H3,(H,11,12). The smallest absolute Gasteiger partial charge is 0.339 e. The van der Waals surface area contributed by atoms with Crippen LogP contribution in [0.4, 0.5) is 5.69 Å². The maximum atomic E-state index is 10.7. The average Bonchev–Trinajstić information content (AvgIpc) is 2.08. The van der Waals surface area contributed by atoms with E-state index in [-0.39, 0.29) is 11.3 Å². The van der Waals surface area contributed by atoms with Crippen molar-refractivity contribution in [3.05, 3.63) is 23.8 Å². The van der Waals surface area contributed by atoms with Gasteiger partial charge in [0, 0.05) is 0 Å². The van der Waals surface area contributed by atoms with E-state index < -0.39 is 5.97 Å². The summed E-state index contributed by atoms with van der Waals surface area (Å²) in [5.41, 5.74) is 6.00. The molecule has 1 aromatic rings. The van der Waals surface area contributed by atoms with Crippen LogP contribution in [-0.4, -0.2) is 17.7 Å². The van der Waals surface area contributed by atoms with Crippen molar-refractivity contribution in [1.82, 2.24) is 0 Å². The summed E-state index contributed by atoms with van der Waals surface area (Å²) in [6.45, 7) is 2.17. The third-order valence-electron chi connectivity index (χ3n) is 1.56. The molecular weight excluding hydrogens is 170 g/mol. The maximum Gasteiger partial charge on any atom is 0.339 e. The molecule has 70 valence electrons. The molecule has 3 N–H and O–H groups in total. The number of carbonyl (C=O) groups is 1. The van der Waals surface area contributed by atoms with Crippen LogP contribution in [0.25, 0.3) is 0 Å². The van der Waals surface area contributed by atoms with Crippen molar-refractivity contribution in [1.29, 1.82) is 0 Å². The van der Waals surface area contributed by atoms with Gasteiger partial charge in [0.15, 0.2) is 5.75 Å². The summed E-state index contributed by atoms with van der Waals surface area (Å²) in [7, 11) is 0. The largest absolute Gasteiger partial charge is 0.491 e. The first-order valence-corrected chi connectivity index (χ1v) is 3.91. The Morgan fingerprint density at radius 3 is 2.85 bits per heavy atom. The van der Waals surface area contributed by atoms with Gasteiger partial charge in [-0.3, -0.25) is 0 Å². The third-order valence-corrected chi connectivity index (χ3v) is 1.56. The van der Waals surface area contributed by atoms with Crippen molar-refractivity contribution >= 4 is 11.7 Å². The van der Waals surface area contributed by atoms with Gasteiger partial charge in [-0.2, -0.15) is 0 Å². The highest BCUT2D eigenvalue weighted by Gasteiger charge is 2.12. The molecule has 4 nitrogen and oxygen atoms in total. The monoisotopic (exact) mass is 181 g/mol.